The van der Waals surface area contributed by atoms with Crippen molar-refractivity contribution < 1.29 is 4.79 Å². The van der Waals surface area contributed by atoms with Crippen LogP contribution in [0.15, 0.2) is 23.2 Å². The summed E-state index contributed by atoms with van der Waals surface area (Å²) in [7, 11) is 0. The van der Waals surface area contributed by atoms with Crippen LogP contribution in [0.1, 0.15) is 31.7 Å². The SMILES string of the molecule is CCCCC(=O)Nc1ccc(C)cc1N=C(NC#N)SC. The normalized spacial score (nSPS) is 10.9. The molecule has 0 bridgehead atoms. The first kappa shape index (κ1) is 17.1. The van der Waals surface area contributed by atoms with E-state index in [4.69, 9.17) is 5.26 Å². The van der Waals surface area contributed by atoms with E-state index >= 15 is 0 Å². The van der Waals surface area contributed by atoms with E-state index in [0.717, 1.165) is 18.4 Å². The largest absolute Gasteiger partial charge is 0.324 e. The highest BCUT2D eigenvalue weighted by Gasteiger charge is 2.08. The lowest BCUT2D eigenvalue weighted by molar-refractivity contribution is -0.116. The number of carbonyl (C=O) groups excluding carboxylic acids is 1. The molecule has 0 aliphatic heterocycles. The number of aryl methyl sites for hydroxylation is 1. The van der Waals surface area contributed by atoms with E-state index in [-0.39, 0.29) is 5.91 Å². The number of nitrogens with zero attached hydrogens (tertiary/aromatic N) is 2. The molecule has 0 saturated carbocycles. The maximum atomic E-state index is 11.9. The van der Waals surface area contributed by atoms with E-state index in [1.54, 1.807) is 0 Å². The molecule has 0 aliphatic carbocycles. The Hall–Kier alpha value is -2.00. The zero-order valence-corrected chi connectivity index (χ0v) is 13.4. The van der Waals surface area contributed by atoms with E-state index in [9.17, 15) is 4.79 Å². The van der Waals surface area contributed by atoms with Crippen molar-refractivity contribution in [2.75, 3.05) is 11.6 Å². The summed E-state index contributed by atoms with van der Waals surface area (Å²) in [6.45, 7) is 4.01. The Kier molecular flexibility index (Phi) is 7.33. The minimum atomic E-state index is -0.0175. The number of unbranched alkanes of at least 4 members (excludes halogenated alkanes) is 1. The van der Waals surface area contributed by atoms with Gasteiger partial charge in [-0.15, -0.1) is 0 Å². The number of hydrogen-bond donors (Lipinski definition) is 2. The lowest BCUT2D eigenvalue weighted by atomic mass is 10.2. The standard InChI is InChI=1S/C15H20N4OS/c1-4-5-6-14(20)18-12-8-7-11(2)9-13(12)19-15(21-3)17-10-16/h7-9H,4-6H2,1-3H3,(H,17,19)(H,18,20). The summed E-state index contributed by atoms with van der Waals surface area (Å²) < 4.78 is 0. The lowest BCUT2D eigenvalue weighted by Crippen LogP contribution is -2.14. The van der Waals surface area contributed by atoms with Crippen LogP contribution in [-0.2, 0) is 4.79 Å². The van der Waals surface area contributed by atoms with Crippen LogP contribution in [0, 0.1) is 18.4 Å². The number of carbonyl (C=O) groups is 1. The average Bonchev–Trinajstić information content (AvgIpc) is 2.47. The molecule has 1 aromatic carbocycles. The van der Waals surface area contributed by atoms with Crippen LogP contribution < -0.4 is 10.6 Å². The predicted molar refractivity (Wildman–Crippen MR) is 88.7 cm³/mol. The van der Waals surface area contributed by atoms with Gasteiger partial charge >= 0.3 is 0 Å². The van der Waals surface area contributed by atoms with Crippen molar-refractivity contribution in [3.05, 3.63) is 23.8 Å². The second-order valence-electron chi connectivity index (χ2n) is 4.53. The zero-order valence-electron chi connectivity index (χ0n) is 12.6. The third kappa shape index (κ3) is 5.88. The molecule has 1 amide bonds. The van der Waals surface area contributed by atoms with Gasteiger partial charge in [-0.2, -0.15) is 5.26 Å². The number of thioether (sulfide) groups is 1. The minimum absolute atomic E-state index is 0.0175. The van der Waals surface area contributed by atoms with Crippen molar-refractivity contribution in [2.24, 2.45) is 4.99 Å². The molecule has 5 nitrogen and oxygen atoms in total. The summed E-state index contributed by atoms with van der Waals surface area (Å²) in [6, 6.07) is 5.64. The van der Waals surface area contributed by atoms with E-state index in [1.165, 1.54) is 11.8 Å². The van der Waals surface area contributed by atoms with Crippen molar-refractivity contribution in [2.45, 2.75) is 33.1 Å². The summed E-state index contributed by atoms with van der Waals surface area (Å²) in [5, 5.41) is 14.6. The highest BCUT2D eigenvalue weighted by Crippen LogP contribution is 2.27. The van der Waals surface area contributed by atoms with Gasteiger partial charge in [0.1, 0.15) is 0 Å². The van der Waals surface area contributed by atoms with Crippen molar-refractivity contribution in [1.82, 2.24) is 5.32 Å². The third-order valence-corrected chi connectivity index (χ3v) is 3.34. The Morgan fingerprint density at radius 3 is 2.86 bits per heavy atom. The summed E-state index contributed by atoms with van der Waals surface area (Å²) in [5.41, 5.74) is 2.35. The fourth-order valence-electron chi connectivity index (χ4n) is 1.67. The highest BCUT2D eigenvalue weighted by atomic mass is 32.2. The molecular formula is C15H20N4OS. The van der Waals surface area contributed by atoms with Crippen molar-refractivity contribution >= 4 is 34.2 Å². The van der Waals surface area contributed by atoms with Gasteiger partial charge in [-0.05, 0) is 37.3 Å². The number of benzene rings is 1. The average molecular weight is 304 g/mol. The van der Waals surface area contributed by atoms with Crippen molar-refractivity contribution in [3.8, 4) is 6.19 Å². The van der Waals surface area contributed by atoms with Gasteiger partial charge in [0.15, 0.2) is 11.4 Å². The van der Waals surface area contributed by atoms with E-state index in [2.05, 4.69) is 15.6 Å². The Morgan fingerprint density at radius 2 is 2.24 bits per heavy atom. The smallest absolute Gasteiger partial charge is 0.224 e. The van der Waals surface area contributed by atoms with E-state index < -0.39 is 0 Å². The molecule has 0 radical (unpaired) electrons. The molecule has 0 aliphatic rings. The number of amides is 1. The number of nitrogens with one attached hydrogen (secondary N) is 2. The van der Waals surface area contributed by atoms with E-state index in [0.29, 0.717) is 23.0 Å². The fourth-order valence-corrected chi connectivity index (χ4v) is 2.01. The van der Waals surface area contributed by atoms with Gasteiger partial charge in [0, 0.05) is 6.42 Å². The molecule has 21 heavy (non-hydrogen) atoms. The highest BCUT2D eigenvalue weighted by molar-refractivity contribution is 8.13. The monoisotopic (exact) mass is 304 g/mol. The first-order chi connectivity index (χ1) is 10.1. The van der Waals surface area contributed by atoms with Gasteiger partial charge in [-0.1, -0.05) is 31.2 Å². The van der Waals surface area contributed by atoms with Crippen LogP contribution in [0.4, 0.5) is 11.4 Å². The zero-order chi connectivity index (χ0) is 15.7. The number of aliphatic imine (C=N–C) groups is 1. The molecule has 0 heterocycles. The van der Waals surface area contributed by atoms with Gasteiger partial charge in [0.25, 0.3) is 0 Å². The van der Waals surface area contributed by atoms with Gasteiger partial charge in [-0.25, -0.2) is 4.99 Å². The number of nitriles is 1. The Bertz CT molecular complexity index is 563. The minimum Gasteiger partial charge on any atom is -0.324 e. The molecule has 0 unspecified atom stereocenters. The Morgan fingerprint density at radius 1 is 1.48 bits per heavy atom. The summed E-state index contributed by atoms with van der Waals surface area (Å²) in [4.78, 5) is 16.2. The van der Waals surface area contributed by atoms with Crippen LogP contribution in [0.5, 0.6) is 0 Å². The van der Waals surface area contributed by atoms with Crippen LogP contribution >= 0.6 is 11.8 Å². The van der Waals surface area contributed by atoms with Gasteiger partial charge in [0.2, 0.25) is 5.91 Å². The van der Waals surface area contributed by atoms with E-state index in [1.807, 2.05) is 44.5 Å². The summed E-state index contributed by atoms with van der Waals surface area (Å²) in [6.07, 6.45) is 6.03. The molecule has 0 aromatic heterocycles. The van der Waals surface area contributed by atoms with Crippen LogP contribution in [0.2, 0.25) is 0 Å². The summed E-state index contributed by atoms with van der Waals surface area (Å²) >= 11 is 1.34. The number of hydrogen-bond acceptors (Lipinski definition) is 4. The maximum Gasteiger partial charge on any atom is 0.224 e. The lowest BCUT2D eigenvalue weighted by Gasteiger charge is -2.10. The Labute approximate surface area is 129 Å². The molecule has 112 valence electrons. The molecule has 2 N–H and O–H groups in total. The molecule has 0 saturated heterocycles. The number of rotatable bonds is 5. The predicted octanol–water partition coefficient (Wildman–Crippen LogP) is 3.54. The molecule has 0 spiro atoms. The van der Waals surface area contributed by atoms with Crippen LogP contribution in [-0.4, -0.2) is 17.3 Å². The molecule has 6 heteroatoms. The van der Waals surface area contributed by atoms with Gasteiger partial charge in [-0.3, -0.25) is 10.1 Å². The number of amidine groups is 1. The second-order valence-corrected chi connectivity index (χ2v) is 5.33. The molecule has 1 rings (SSSR count). The molecule has 1 aromatic rings. The first-order valence-electron chi connectivity index (χ1n) is 6.79. The summed E-state index contributed by atoms with van der Waals surface area (Å²) in [5.74, 6) is -0.0175. The van der Waals surface area contributed by atoms with Gasteiger partial charge < -0.3 is 5.32 Å². The van der Waals surface area contributed by atoms with Crippen molar-refractivity contribution in [3.63, 3.8) is 0 Å². The third-order valence-electron chi connectivity index (χ3n) is 2.76. The number of anilines is 1. The first-order valence-corrected chi connectivity index (χ1v) is 8.01. The quantitative estimate of drug-likeness (QED) is 0.377. The second kappa shape index (κ2) is 9.03. The topological polar surface area (TPSA) is 77.3 Å². The Balaban J connectivity index is 2.99. The van der Waals surface area contributed by atoms with Gasteiger partial charge in [0.05, 0.1) is 11.4 Å². The van der Waals surface area contributed by atoms with Crippen LogP contribution in [0.3, 0.4) is 0 Å². The molecule has 0 atom stereocenters. The van der Waals surface area contributed by atoms with Crippen molar-refractivity contribution in [1.29, 1.82) is 5.26 Å². The maximum absolute atomic E-state index is 11.9. The molecular weight excluding hydrogens is 284 g/mol. The van der Waals surface area contributed by atoms with Crippen LogP contribution in [0.25, 0.3) is 0 Å². The fraction of sp³-hybridized carbons (Fsp3) is 0.400. The molecule has 0 fully saturated rings.